The topological polar surface area (TPSA) is 83.5 Å². The van der Waals surface area contributed by atoms with E-state index in [2.05, 4.69) is 4.74 Å². The summed E-state index contributed by atoms with van der Waals surface area (Å²) in [6.45, 7) is 1.83. The Bertz CT molecular complexity index is 445. The Kier molecular flexibility index (Phi) is 7.00. The normalized spacial score (nSPS) is 14.8. The van der Waals surface area contributed by atoms with Gasteiger partial charge in [-0.05, 0) is 6.42 Å². The first kappa shape index (κ1) is 20.0. The van der Waals surface area contributed by atoms with Gasteiger partial charge in [0, 0.05) is 6.42 Å². The van der Waals surface area contributed by atoms with Gasteiger partial charge in [-0.2, -0.15) is 22.0 Å². The summed E-state index contributed by atoms with van der Waals surface area (Å²) in [6.07, 6.45) is -8.76. The van der Waals surface area contributed by atoms with E-state index >= 15 is 0 Å². The van der Waals surface area contributed by atoms with Crippen LogP contribution in [0.4, 0.5) is 22.0 Å². The van der Waals surface area contributed by atoms with Crippen molar-refractivity contribution >= 4 is 16.1 Å². The van der Waals surface area contributed by atoms with Gasteiger partial charge in [0.1, 0.15) is 0 Å². The molecule has 126 valence electrons. The molecule has 0 aliphatic carbocycles. The fourth-order valence-corrected chi connectivity index (χ4v) is 1.79. The maximum atomic E-state index is 13.0. The summed E-state index contributed by atoms with van der Waals surface area (Å²) in [6, 6.07) is 0. The van der Waals surface area contributed by atoms with Gasteiger partial charge < -0.3 is 9.29 Å². The number of carbonyl (C=O) groups is 1. The van der Waals surface area contributed by atoms with Gasteiger partial charge in [0.25, 0.3) is 6.10 Å². The van der Waals surface area contributed by atoms with E-state index in [-0.39, 0.29) is 6.42 Å². The average molecular weight is 341 g/mol. The molecule has 0 heterocycles. The molecule has 5 nitrogen and oxygen atoms in total. The number of alkyl halides is 5. The lowest BCUT2D eigenvalue weighted by Crippen LogP contribution is -2.52. The van der Waals surface area contributed by atoms with Crippen molar-refractivity contribution in [2.24, 2.45) is 0 Å². The van der Waals surface area contributed by atoms with Crippen LogP contribution < -0.4 is 0 Å². The molecule has 0 spiro atoms. The predicted molar refractivity (Wildman–Crippen MR) is 59.3 cm³/mol. The summed E-state index contributed by atoms with van der Waals surface area (Å²) >= 11 is 0. The van der Waals surface area contributed by atoms with Gasteiger partial charge in [0.2, 0.25) is 0 Å². The van der Waals surface area contributed by atoms with Gasteiger partial charge in [-0.25, -0.2) is 8.42 Å². The highest BCUT2D eigenvalue weighted by atomic mass is 32.2. The molecule has 0 aliphatic rings. The van der Waals surface area contributed by atoms with Crippen LogP contribution in [0.15, 0.2) is 0 Å². The van der Waals surface area contributed by atoms with Crippen LogP contribution in [0.1, 0.15) is 39.0 Å². The minimum absolute atomic E-state index is 0.104. The van der Waals surface area contributed by atoms with Gasteiger partial charge >= 0.3 is 17.4 Å². The molecule has 0 amide bonds. The number of esters is 1. The second-order valence-corrected chi connectivity index (χ2v) is 5.69. The molecular formula is C10H14F5O5S-. The summed E-state index contributed by atoms with van der Waals surface area (Å²) in [5.41, 5.74) is 0. The van der Waals surface area contributed by atoms with E-state index in [0.717, 1.165) is 6.42 Å². The zero-order chi connectivity index (χ0) is 16.9. The smallest absolute Gasteiger partial charge is 0.432 e. The SMILES string of the molecule is CCCCCCC(=O)OC(C(F)(F)F)C(F)(F)S(=O)(=O)[O-]. The van der Waals surface area contributed by atoms with Crippen molar-refractivity contribution < 1.29 is 44.5 Å². The number of hydrogen-bond acceptors (Lipinski definition) is 5. The average Bonchev–Trinajstić information content (AvgIpc) is 2.28. The van der Waals surface area contributed by atoms with Gasteiger partial charge in [-0.3, -0.25) is 4.79 Å². The predicted octanol–water partition coefficient (Wildman–Crippen LogP) is 2.57. The zero-order valence-electron chi connectivity index (χ0n) is 11.0. The number of ether oxygens (including phenoxy) is 1. The van der Waals surface area contributed by atoms with Gasteiger partial charge in [0.15, 0.2) is 10.1 Å². The summed E-state index contributed by atoms with van der Waals surface area (Å²) < 4.78 is 97.3. The lowest BCUT2D eigenvalue weighted by atomic mass is 10.1. The lowest BCUT2D eigenvalue weighted by molar-refractivity contribution is -0.259. The molecule has 0 rings (SSSR count). The molecule has 0 aliphatic heterocycles. The summed E-state index contributed by atoms with van der Waals surface area (Å²) in [7, 11) is -6.64. The maximum Gasteiger partial charge on any atom is 0.432 e. The molecule has 0 fully saturated rings. The third-order valence-corrected chi connectivity index (χ3v) is 3.30. The first-order valence-corrected chi connectivity index (χ1v) is 7.34. The molecule has 0 bridgehead atoms. The van der Waals surface area contributed by atoms with E-state index in [1.54, 1.807) is 0 Å². The molecule has 0 aromatic heterocycles. The fraction of sp³-hybridized carbons (Fsp3) is 0.900. The molecule has 0 saturated heterocycles. The minimum Gasteiger partial charge on any atom is -0.743 e. The van der Waals surface area contributed by atoms with Crippen LogP contribution in [0.3, 0.4) is 0 Å². The third kappa shape index (κ3) is 6.12. The van der Waals surface area contributed by atoms with Gasteiger partial charge in [-0.1, -0.05) is 26.2 Å². The molecule has 1 unspecified atom stereocenters. The first-order valence-electron chi connectivity index (χ1n) is 5.93. The van der Waals surface area contributed by atoms with Crippen LogP contribution in [0.25, 0.3) is 0 Å². The highest BCUT2D eigenvalue weighted by Gasteiger charge is 2.62. The Morgan fingerprint density at radius 1 is 1.14 bits per heavy atom. The van der Waals surface area contributed by atoms with Gasteiger partial charge in [-0.15, -0.1) is 0 Å². The molecule has 0 aromatic carbocycles. The van der Waals surface area contributed by atoms with Crippen LogP contribution in [0.2, 0.25) is 0 Å². The Labute approximate surface area is 118 Å². The minimum atomic E-state index is -6.64. The summed E-state index contributed by atoms with van der Waals surface area (Å²) in [5.74, 6) is -1.64. The van der Waals surface area contributed by atoms with Crippen LogP contribution >= 0.6 is 0 Å². The number of halogens is 5. The number of carbonyl (C=O) groups excluding carboxylic acids is 1. The van der Waals surface area contributed by atoms with E-state index in [0.29, 0.717) is 12.8 Å². The number of unbranched alkanes of at least 4 members (excludes halogenated alkanes) is 3. The van der Waals surface area contributed by atoms with Crippen molar-refractivity contribution in [1.82, 2.24) is 0 Å². The number of hydrogen-bond donors (Lipinski definition) is 0. The van der Waals surface area contributed by atoms with E-state index in [1.807, 2.05) is 6.92 Å². The first-order chi connectivity index (χ1) is 9.34. The molecule has 0 saturated carbocycles. The van der Waals surface area contributed by atoms with Crippen LogP contribution in [-0.4, -0.2) is 36.5 Å². The van der Waals surface area contributed by atoms with Crippen LogP contribution in [0.5, 0.6) is 0 Å². The van der Waals surface area contributed by atoms with Crippen molar-refractivity contribution in [2.45, 2.75) is 56.6 Å². The molecule has 0 radical (unpaired) electrons. The summed E-state index contributed by atoms with van der Waals surface area (Å²) in [4.78, 5) is 11.1. The van der Waals surface area contributed by atoms with Crippen molar-refractivity contribution in [3.05, 3.63) is 0 Å². The van der Waals surface area contributed by atoms with E-state index in [4.69, 9.17) is 0 Å². The maximum absolute atomic E-state index is 13.0. The van der Waals surface area contributed by atoms with Crippen molar-refractivity contribution in [2.75, 3.05) is 0 Å². The van der Waals surface area contributed by atoms with Gasteiger partial charge in [0.05, 0.1) is 0 Å². The molecule has 0 N–H and O–H groups in total. The standard InChI is InChI=1S/C10H15F5O5S/c1-2-3-4-5-6-7(16)20-8(9(11,12)13)10(14,15)21(17,18)19/h8H,2-6H2,1H3,(H,17,18,19)/p-1. The Morgan fingerprint density at radius 3 is 2.05 bits per heavy atom. The number of rotatable bonds is 8. The Hall–Kier alpha value is -0.970. The van der Waals surface area contributed by atoms with E-state index in [9.17, 15) is 39.7 Å². The Morgan fingerprint density at radius 2 is 1.67 bits per heavy atom. The van der Waals surface area contributed by atoms with Crippen molar-refractivity contribution in [3.63, 3.8) is 0 Å². The van der Waals surface area contributed by atoms with E-state index < -0.39 is 40.0 Å². The second-order valence-electron chi connectivity index (χ2n) is 4.24. The zero-order valence-corrected chi connectivity index (χ0v) is 11.8. The fourth-order valence-electron chi connectivity index (χ4n) is 1.34. The molecule has 11 heteroatoms. The molecular weight excluding hydrogens is 327 g/mol. The molecule has 1 atom stereocenters. The highest BCUT2D eigenvalue weighted by Crippen LogP contribution is 2.38. The molecule has 21 heavy (non-hydrogen) atoms. The largest absolute Gasteiger partial charge is 0.743 e. The second kappa shape index (κ2) is 7.34. The quantitative estimate of drug-likeness (QED) is 0.293. The molecule has 0 aromatic rings. The lowest BCUT2D eigenvalue weighted by Gasteiger charge is -2.29. The van der Waals surface area contributed by atoms with Crippen LogP contribution in [0, 0.1) is 0 Å². The van der Waals surface area contributed by atoms with E-state index in [1.165, 1.54) is 0 Å². The van der Waals surface area contributed by atoms with Crippen molar-refractivity contribution in [3.8, 4) is 0 Å². The highest BCUT2D eigenvalue weighted by molar-refractivity contribution is 7.86. The van der Waals surface area contributed by atoms with Crippen molar-refractivity contribution in [1.29, 1.82) is 0 Å². The third-order valence-electron chi connectivity index (χ3n) is 2.42. The van der Waals surface area contributed by atoms with Crippen LogP contribution in [-0.2, 0) is 19.6 Å². The Balaban J connectivity index is 4.94. The monoisotopic (exact) mass is 341 g/mol. The summed E-state index contributed by atoms with van der Waals surface area (Å²) in [5, 5.41) is -5.79.